The number of aliphatic carboxylic acids is 1. The summed E-state index contributed by atoms with van der Waals surface area (Å²) in [5, 5.41) is 28.2. The van der Waals surface area contributed by atoms with Crippen molar-refractivity contribution in [3.05, 3.63) is 104 Å². The van der Waals surface area contributed by atoms with Crippen molar-refractivity contribution in [2.45, 2.75) is 35.1 Å². The van der Waals surface area contributed by atoms with Crippen LogP contribution >= 0.6 is 58.3 Å². The quantitative estimate of drug-likeness (QED) is 0.0559. The fourth-order valence-electron chi connectivity index (χ4n) is 6.14. The molecule has 2 fully saturated rings. The molecule has 6 rings (SSSR count). The number of carboxylic acid groups (broad SMARTS) is 1. The average Bonchev–Trinajstić information content (AvgIpc) is 3.54. The van der Waals surface area contributed by atoms with Crippen LogP contribution in [0.1, 0.15) is 24.3 Å². The maximum atomic E-state index is 14.1. The lowest BCUT2D eigenvalue weighted by atomic mass is 9.80. The molecule has 4 heterocycles. The number of fused-ring (bicyclic) bond motifs is 1. The third kappa shape index (κ3) is 7.74. The Balaban J connectivity index is 1.30. The summed E-state index contributed by atoms with van der Waals surface area (Å²) in [4.78, 5) is 72.0. The first-order valence-electron chi connectivity index (χ1n) is 15.5. The second-order valence-electron chi connectivity index (χ2n) is 11.7. The number of aromatic hydroxyl groups is 1. The highest BCUT2D eigenvalue weighted by atomic mass is 35.5. The average molecular weight is 807 g/mol. The van der Waals surface area contributed by atoms with Crippen molar-refractivity contribution in [1.29, 1.82) is 0 Å². The summed E-state index contributed by atoms with van der Waals surface area (Å²) in [6.45, 7) is 0.271. The number of aromatic nitrogens is 1. The molecule has 3 aliphatic rings. The number of amides is 4. The minimum atomic E-state index is -1.43. The van der Waals surface area contributed by atoms with Crippen LogP contribution in [0.4, 0.5) is 10.1 Å². The van der Waals surface area contributed by atoms with E-state index in [0.717, 1.165) is 28.8 Å². The van der Waals surface area contributed by atoms with Gasteiger partial charge in [-0.05, 0) is 59.5 Å². The van der Waals surface area contributed by atoms with Gasteiger partial charge in [0.2, 0.25) is 17.7 Å². The Hall–Kier alpha value is -4.28. The second kappa shape index (κ2) is 15.8. The zero-order chi connectivity index (χ0) is 37.3. The number of thioether (sulfide) groups is 2. The predicted molar refractivity (Wildman–Crippen MR) is 195 cm³/mol. The summed E-state index contributed by atoms with van der Waals surface area (Å²) in [5.41, 5.74) is 0.947. The Morgan fingerprint density at radius 2 is 1.79 bits per heavy atom. The number of carboxylic acids is 1. The molecule has 52 heavy (non-hydrogen) atoms. The Labute approximate surface area is 319 Å². The number of nitrogens with zero attached hydrogens (tertiary/aromatic N) is 2. The van der Waals surface area contributed by atoms with Crippen molar-refractivity contribution >= 4 is 93.6 Å². The number of pyridine rings is 1. The van der Waals surface area contributed by atoms with Crippen LogP contribution in [0.3, 0.4) is 0 Å². The van der Waals surface area contributed by atoms with Gasteiger partial charge in [0.25, 0.3) is 5.91 Å². The third-order valence-electron chi connectivity index (χ3n) is 8.48. The molecule has 12 nitrogen and oxygen atoms in total. The monoisotopic (exact) mass is 805 g/mol. The molecule has 3 atom stereocenters. The summed E-state index contributed by atoms with van der Waals surface area (Å²) in [6.07, 6.45) is 2.89. The maximum Gasteiger partial charge on any atom is 0.352 e. The number of carbonyl (C=O) groups is 5. The molecule has 3 aromatic rings. The summed E-state index contributed by atoms with van der Waals surface area (Å²) < 4.78 is 14.1. The highest BCUT2D eigenvalue weighted by molar-refractivity contribution is 8.00. The van der Waals surface area contributed by atoms with Crippen molar-refractivity contribution < 1.29 is 38.6 Å². The lowest BCUT2D eigenvalue weighted by Gasteiger charge is -2.50. The minimum absolute atomic E-state index is 0.0224. The van der Waals surface area contributed by atoms with Crippen molar-refractivity contribution in [2.24, 2.45) is 0 Å². The number of allylic oxidation sites excluding steroid dienone is 1. The van der Waals surface area contributed by atoms with E-state index >= 15 is 0 Å². The molecule has 5 N–H and O–H groups in total. The molecule has 1 aromatic heterocycles. The Morgan fingerprint density at radius 3 is 2.46 bits per heavy atom. The lowest BCUT2D eigenvalue weighted by molar-refractivity contribution is -0.150. The minimum Gasteiger partial charge on any atom is -0.505 e. The van der Waals surface area contributed by atoms with E-state index in [-0.39, 0.29) is 69.0 Å². The highest BCUT2D eigenvalue weighted by Gasteiger charge is 2.55. The number of hydrogen-bond acceptors (Lipinski definition) is 9. The Kier molecular flexibility index (Phi) is 11.4. The molecule has 18 heteroatoms. The fourth-order valence-corrected chi connectivity index (χ4v) is 9.05. The molecule has 2 aromatic carbocycles. The van der Waals surface area contributed by atoms with Crippen LogP contribution in [0, 0.1) is 5.82 Å². The SMILES string of the molecule is O=C(CC(C(=C1CCNC1=O)C1=C(C(=O)O)N2C(=O)[C@@H](NC(=O)CSc3cc(Cl)c(Cl)cc3Cl)[C@H]2SC1)c1ccncc1)Nc1ccc(O)c(F)c1. The molecule has 0 saturated carbocycles. The number of hydrogen-bond donors (Lipinski definition) is 5. The van der Waals surface area contributed by atoms with Gasteiger partial charge in [0.1, 0.15) is 17.1 Å². The van der Waals surface area contributed by atoms with Gasteiger partial charge >= 0.3 is 5.97 Å². The predicted octanol–water partition coefficient (Wildman–Crippen LogP) is 5.35. The van der Waals surface area contributed by atoms with Gasteiger partial charge in [0.05, 0.1) is 20.8 Å². The van der Waals surface area contributed by atoms with E-state index in [0.29, 0.717) is 15.5 Å². The van der Waals surface area contributed by atoms with Crippen LogP contribution < -0.4 is 16.0 Å². The van der Waals surface area contributed by atoms with E-state index in [1.165, 1.54) is 42.4 Å². The van der Waals surface area contributed by atoms with E-state index in [9.17, 15) is 38.6 Å². The Morgan fingerprint density at radius 1 is 1.06 bits per heavy atom. The molecule has 270 valence electrons. The first kappa shape index (κ1) is 37.5. The number of rotatable bonds is 11. The normalized spacial score (nSPS) is 19.7. The van der Waals surface area contributed by atoms with Crippen LogP contribution in [0.5, 0.6) is 5.75 Å². The number of phenols is 1. The van der Waals surface area contributed by atoms with Crippen molar-refractivity contribution in [2.75, 3.05) is 23.4 Å². The number of anilines is 1. The van der Waals surface area contributed by atoms with Gasteiger partial charge in [-0.25, -0.2) is 9.18 Å². The lowest BCUT2D eigenvalue weighted by Crippen LogP contribution is -2.70. The van der Waals surface area contributed by atoms with E-state index in [4.69, 9.17) is 34.8 Å². The van der Waals surface area contributed by atoms with E-state index in [1.807, 2.05) is 0 Å². The van der Waals surface area contributed by atoms with E-state index in [2.05, 4.69) is 20.9 Å². The number of halogens is 4. The molecule has 2 saturated heterocycles. The summed E-state index contributed by atoms with van der Waals surface area (Å²) in [7, 11) is 0. The number of carbonyl (C=O) groups excluding carboxylic acids is 4. The molecule has 0 spiro atoms. The van der Waals surface area contributed by atoms with Crippen LogP contribution in [0.15, 0.2) is 82.2 Å². The molecule has 1 unspecified atom stereocenters. The molecule has 0 radical (unpaired) electrons. The topological polar surface area (TPSA) is 178 Å². The van der Waals surface area contributed by atoms with Gasteiger partial charge < -0.3 is 26.2 Å². The van der Waals surface area contributed by atoms with Gasteiger partial charge in [0.15, 0.2) is 11.6 Å². The fraction of sp³-hybridized carbons (Fsp3) is 0.235. The summed E-state index contributed by atoms with van der Waals surface area (Å²) in [5.74, 6) is -6.17. The molecule has 0 aliphatic carbocycles. The zero-order valence-electron chi connectivity index (χ0n) is 26.6. The zero-order valence-corrected chi connectivity index (χ0v) is 30.5. The van der Waals surface area contributed by atoms with Gasteiger partial charge in [-0.2, -0.15) is 0 Å². The molecule has 3 aliphatic heterocycles. The van der Waals surface area contributed by atoms with Crippen molar-refractivity contribution in [1.82, 2.24) is 20.5 Å². The standard InChI is InChI=1S/C34H27Cl3FN5O7S2/c35-20-11-22(37)25(12-21(20)36)51-14-27(46)42-29-32(48)43-30(34(49)50)19(13-52-33(29)43)28(17-5-8-40-31(17)47)18(15-3-6-39-7-4-15)10-26(45)41-16-1-2-24(44)23(38)9-16/h1-4,6-7,9,11-12,18,29,33,44H,5,8,10,13-14H2,(H,40,47)(H,41,45)(H,42,46)(H,49,50)/t18?,29-,33-/m1/s1. The van der Waals surface area contributed by atoms with Gasteiger partial charge in [-0.3, -0.25) is 29.1 Å². The summed E-state index contributed by atoms with van der Waals surface area (Å²) in [6, 6.07) is 8.57. The smallest absolute Gasteiger partial charge is 0.352 e. The maximum absolute atomic E-state index is 14.1. The largest absolute Gasteiger partial charge is 0.505 e. The van der Waals surface area contributed by atoms with Crippen LogP contribution in [0.25, 0.3) is 0 Å². The van der Waals surface area contributed by atoms with E-state index < -0.39 is 58.5 Å². The summed E-state index contributed by atoms with van der Waals surface area (Å²) >= 11 is 20.6. The van der Waals surface area contributed by atoms with Crippen LogP contribution in [-0.2, 0) is 24.0 Å². The van der Waals surface area contributed by atoms with Crippen molar-refractivity contribution in [3.8, 4) is 5.75 Å². The van der Waals surface area contributed by atoms with Gasteiger partial charge in [-0.15, -0.1) is 23.5 Å². The molecule has 0 bridgehead atoms. The molecular formula is C34H27Cl3FN5O7S2. The van der Waals surface area contributed by atoms with Crippen molar-refractivity contribution in [3.63, 3.8) is 0 Å². The number of β-lactam (4-membered cyclic amide) rings is 1. The highest BCUT2D eigenvalue weighted by Crippen LogP contribution is 2.47. The van der Waals surface area contributed by atoms with Crippen LogP contribution in [-0.4, -0.2) is 79.2 Å². The first-order chi connectivity index (χ1) is 24.8. The van der Waals surface area contributed by atoms with Gasteiger partial charge in [0, 0.05) is 59.3 Å². The van der Waals surface area contributed by atoms with Gasteiger partial charge in [-0.1, -0.05) is 34.8 Å². The number of nitrogens with one attached hydrogen (secondary N) is 3. The Bertz CT molecular complexity index is 2070. The van der Waals surface area contributed by atoms with E-state index in [1.54, 1.807) is 12.1 Å². The third-order valence-corrected chi connectivity index (χ3v) is 12.0. The molecule has 4 amide bonds. The number of phenolic OH excluding ortho intramolecular Hbond substituents is 1. The van der Waals surface area contributed by atoms with Crippen LogP contribution in [0.2, 0.25) is 15.1 Å². The first-order valence-corrected chi connectivity index (χ1v) is 18.7. The number of benzene rings is 2. The molecular weight excluding hydrogens is 780 g/mol. The second-order valence-corrected chi connectivity index (χ2v) is 15.1.